The summed E-state index contributed by atoms with van der Waals surface area (Å²) in [6.07, 6.45) is 12.8. The van der Waals surface area contributed by atoms with Crippen LogP contribution in [0.4, 0.5) is 14.4 Å². The largest absolute Gasteiger partial charge is 2.00 e. The Morgan fingerprint density at radius 1 is 0.653 bits per heavy atom. The third-order valence-electron chi connectivity index (χ3n) is 10.6. The summed E-state index contributed by atoms with van der Waals surface area (Å²) in [6, 6.07) is 29.1. The Bertz CT molecular complexity index is 1870. The van der Waals surface area contributed by atoms with Crippen LogP contribution in [0.1, 0.15) is 76.5 Å². The number of piperidine rings is 2. The van der Waals surface area contributed by atoms with Gasteiger partial charge in [-0.05, 0) is 67.2 Å². The van der Waals surface area contributed by atoms with Crippen LogP contribution in [-0.4, -0.2) is 142 Å². The second-order valence-electron chi connectivity index (χ2n) is 17.5. The number of alkyl halides is 4. The van der Waals surface area contributed by atoms with Gasteiger partial charge in [-0.3, -0.25) is 0 Å². The molecule has 3 fully saturated rings. The third kappa shape index (κ3) is 33.1. The number of β-amino-alcohol motifs (C(OH)–C–C–N with tert-alkyl or cyclic N) is 1. The molecule has 0 bridgehead atoms. The van der Waals surface area contributed by atoms with Gasteiger partial charge < -0.3 is 63.4 Å². The number of halogens is 5. The van der Waals surface area contributed by atoms with Gasteiger partial charge in [0, 0.05) is 32.7 Å². The van der Waals surface area contributed by atoms with Gasteiger partial charge in [0.05, 0.1) is 36.0 Å². The molecule has 3 aromatic carbocycles. The zero-order valence-corrected chi connectivity index (χ0v) is 47.8. The number of amides is 3. The van der Waals surface area contributed by atoms with Crippen molar-refractivity contribution in [1.82, 2.24) is 20.0 Å². The Balaban J connectivity index is 0.000000904. The van der Waals surface area contributed by atoms with Crippen molar-refractivity contribution in [2.45, 2.75) is 97.9 Å². The molecule has 398 valence electrons. The number of carbonyl (C=O) groups is 3. The molecule has 0 spiro atoms. The second-order valence-corrected chi connectivity index (χ2v) is 19.1. The average molecular weight is 1110 g/mol. The molecule has 12 nitrogen and oxygen atoms in total. The van der Waals surface area contributed by atoms with Gasteiger partial charge in [-0.15, -0.1) is 46.4 Å². The quantitative estimate of drug-likeness (QED) is 0.0567. The summed E-state index contributed by atoms with van der Waals surface area (Å²) in [4.78, 5) is 40.5. The maximum atomic E-state index is 12.0. The molecule has 5 heterocycles. The number of epoxide rings is 1. The number of fused-ring (bicyclic) bond motifs is 1. The Labute approximate surface area is 473 Å². The summed E-state index contributed by atoms with van der Waals surface area (Å²) in [5.41, 5.74) is 3.00. The molecule has 0 saturated carbocycles. The van der Waals surface area contributed by atoms with Crippen molar-refractivity contribution >= 4 is 87.7 Å². The predicted molar refractivity (Wildman–Crippen MR) is 291 cm³/mol. The number of aliphatic hydroxyl groups excluding tert-OH is 1. The van der Waals surface area contributed by atoms with Gasteiger partial charge in [0.25, 0.3) is 0 Å². The maximum Gasteiger partial charge on any atom is 2.00 e. The van der Waals surface area contributed by atoms with E-state index in [1.165, 1.54) is 6.42 Å². The van der Waals surface area contributed by atoms with Gasteiger partial charge in [-0.2, -0.15) is 5.92 Å². The topological polar surface area (TPSA) is 133 Å². The Morgan fingerprint density at radius 3 is 1.43 bits per heavy atom. The van der Waals surface area contributed by atoms with E-state index in [0.29, 0.717) is 63.3 Å². The van der Waals surface area contributed by atoms with Gasteiger partial charge in [0.15, 0.2) is 0 Å². The molecule has 3 amide bonds. The van der Waals surface area contributed by atoms with Crippen LogP contribution in [-0.2, 0) is 38.8 Å². The first kappa shape index (κ1) is 69.0. The van der Waals surface area contributed by atoms with Crippen molar-refractivity contribution < 1.29 is 50.8 Å². The summed E-state index contributed by atoms with van der Waals surface area (Å²) in [5.74, 6) is 1.45. The molecule has 5 aliphatic rings. The van der Waals surface area contributed by atoms with Crippen molar-refractivity contribution in [3.63, 3.8) is 0 Å². The number of hydrogen-bond acceptors (Lipinski definition) is 9. The number of nitrogens with one attached hydrogen (secondary N) is 1. The van der Waals surface area contributed by atoms with Gasteiger partial charge >= 0.3 is 41.3 Å². The van der Waals surface area contributed by atoms with E-state index in [4.69, 9.17) is 65.4 Å². The number of aliphatic hydroxyl groups is 1. The van der Waals surface area contributed by atoms with Crippen LogP contribution in [0, 0.1) is 24.7 Å². The Kier molecular flexibility index (Phi) is 41.5. The summed E-state index contributed by atoms with van der Waals surface area (Å²) in [5, 5.41) is 13.8. The van der Waals surface area contributed by atoms with E-state index >= 15 is 0 Å². The zero-order valence-electron chi connectivity index (χ0n) is 42.6. The molecule has 3 aromatic rings. The number of hydrogen-bond donors (Lipinski definition) is 2. The first-order valence-corrected chi connectivity index (χ1v) is 26.2. The standard InChI is InChI=1S/C17H25NO3.C13H15NO3.C13H15NO2.C5H9N.C4H9.2CH2Cl2.ClH.Mg/c1-13(2)10-15-8-9-18(11-16(15)19)17(20)21-12-14-6-4-3-5-7-14;15-13(14-7-6-11-12(8-14)17-11)16-9-10-4-2-1-3-5-10;15-13(14-9-5-2-6-10-14)16-11-12-7-3-1-4-8-12;1-2-4-6-5-3-1;1-4(2)3;2*2-1-3;;/h3-7,13,15-16,19H,8-12H2,1-2H3;1-5,11-12H,6-9H2;1-5,7-8H,6,9-11H2;1-2,6H,3-5H2;4H,1H2,2-3H3;2*1H2;1H;/q;;;;-1;;;;+2/p-1/t15-,16+;;;;;;;;/m0......../s1. The minimum absolute atomic E-state index is 0. The number of nitrogens with zero attached hydrogens (tertiary/aromatic N) is 3. The number of rotatable bonds is 8. The van der Waals surface area contributed by atoms with E-state index in [-0.39, 0.29) is 77.1 Å². The van der Waals surface area contributed by atoms with Gasteiger partial charge in [-0.25, -0.2) is 14.4 Å². The fourth-order valence-corrected chi connectivity index (χ4v) is 7.19. The second kappa shape index (κ2) is 43.3. The van der Waals surface area contributed by atoms with Crippen molar-refractivity contribution in [2.75, 3.05) is 63.0 Å². The molecular formula is C54H77Cl5MgN4O8. The molecule has 5 aliphatic heterocycles. The molecule has 0 radical (unpaired) electrons. The summed E-state index contributed by atoms with van der Waals surface area (Å²) in [6.45, 7) is 19.2. The van der Waals surface area contributed by atoms with Crippen LogP contribution in [0.2, 0.25) is 0 Å². The van der Waals surface area contributed by atoms with E-state index < -0.39 is 6.10 Å². The molecule has 4 atom stereocenters. The number of ether oxygens (including phenoxy) is 4. The maximum absolute atomic E-state index is 12.0. The fraction of sp³-hybridized carbons (Fsp3) is 0.519. The molecule has 8 rings (SSSR count). The van der Waals surface area contributed by atoms with Crippen LogP contribution < -0.4 is 17.7 Å². The first-order valence-electron chi connectivity index (χ1n) is 24.1. The fourth-order valence-electron chi connectivity index (χ4n) is 7.19. The minimum atomic E-state index is -0.439. The average Bonchev–Trinajstić information content (AvgIpc) is 4.17. The summed E-state index contributed by atoms with van der Waals surface area (Å²) < 4.78 is 21.2. The molecule has 2 N–H and O–H groups in total. The molecule has 0 aromatic heterocycles. The molecule has 3 saturated heterocycles. The normalized spacial score (nSPS) is 18.8. The van der Waals surface area contributed by atoms with Crippen LogP contribution in [0.25, 0.3) is 0 Å². The first-order chi connectivity index (χ1) is 33.8. The smallest absolute Gasteiger partial charge is 1.00 e. The number of likely N-dealkylation sites (tertiary alicyclic amines) is 2. The van der Waals surface area contributed by atoms with Crippen molar-refractivity contribution in [2.24, 2.45) is 17.8 Å². The van der Waals surface area contributed by atoms with Crippen LogP contribution in [0.15, 0.2) is 115 Å². The molecule has 18 heteroatoms. The summed E-state index contributed by atoms with van der Waals surface area (Å²) in [7, 11) is 0. The van der Waals surface area contributed by atoms with E-state index in [2.05, 4.69) is 58.2 Å². The number of benzene rings is 3. The molecule has 72 heavy (non-hydrogen) atoms. The Hall–Kier alpha value is -2.95. The minimum Gasteiger partial charge on any atom is -1.00 e. The van der Waals surface area contributed by atoms with Gasteiger partial charge in [-0.1, -0.05) is 143 Å². The third-order valence-corrected chi connectivity index (χ3v) is 10.6. The predicted octanol–water partition coefficient (Wildman–Crippen LogP) is 8.91. The summed E-state index contributed by atoms with van der Waals surface area (Å²) >= 11 is 19.1. The van der Waals surface area contributed by atoms with Crippen molar-refractivity contribution in [1.29, 1.82) is 0 Å². The van der Waals surface area contributed by atoms with Crippen molar-refractivity contribution in [3.05, 3.63) is 139 Å². The van der Waals surface area contributed by atoms with Crippen LogP contribution in [0.3, 0.4) is 0 Å². The van der Waals surface area contributed by atoms with E-state index in [1.54, 1.807) is 14.7 Å². The SMILES string of the molecule is C1=CCNCC1.CC(C)C[C@@H]1CCN(C(=O)OCc2ccccc2)C[C@H]1O.ClCCl.ClCCl.O=C(OCc1ccccc1)N1CC=CCC1.O=C(OCc1ccccc1)N1CCC2OC2C1.[CH2-]C(C)C.[Cl-].[Mg+2]. The van der Waals surface area contributed by atoms with E-state index in [0.717, 1.165) is 68.6 Å². The van der Waals surface area contributed by atoms with Crippen molar-refractivity contribution in [3.8, 4) is 0 Å². The van der Waals surface area contributed by atoms with Crippen LogP contribution in [0.5, 0.6) is 0 Å². The van der Waals surface area contributed by atoms with Crippen LogP contribution >= 0.6 is 46.4 Å². The van der Waals surface area contributed by atoms with Gasteiger partial charge in [0.1, 0.15) is 25.9 Å². The zero-order chi connectivity index (χ0) is 51.4. The van der Waals surface area contributed by atoms with E-state index in [9.17, 15) is 19.5 Å². The monoisotopic (exact) mass is 1110 g/mol. The van der Waals surface area contributed by atoms with Gasteiger partial charge in [0.2, 0.25) is 0 Å². The number of carbonyl (C=O) groups excluding carboxylic acids is 3. The van der Waals surface area contributed by atoms with E-state index in [1.807, 2.05) is 97.1 Å². The molecular weight excluding hydrogens is 1030 g/mol. The Morgan fingerprint density at radius 2 is 1.08 bits per heavy atom. The molecule has 0 aliphatic carbocycles. The molecule has 2 unspecified atom stereocenters.